The Bertz CT molecular complexity index is 173. The fourth-order valence-corrected chi connectivity index (χ4v) is 1.05. The molecule has 3 heteroatoms. The predicted molar refractivity (Wildman–Crippen MR) is 46.6 cm³/mol. The molecular formula is C9H17NO2. The van der Waals surface area contributed by atoms with Crippen LogP contribution in [-0.2, 0) is 4.79 Å². The fraction of sp³-hybridized carbons (Fsp3) is 0.889. The zero-order valence-corrected chi connectivity index (χ0v) is 7.76. The first-order valence-electron chi connectivity index (χ1n) is 4.48. The second-order valence-corrected chi connectivity index (χ2v) is 4.03. The summed E-state index contributed by atoms with van der Waals surface area (Å²) in [5.41, 5.74) is 0.0323. The topological polar surface area (TPSA) is 49.3 Å². The van der Waals surface area contributed by atoms with E-state index in [1.165, 1.54) is 0 Å². The Kier molecular flexibility index (Phi) is 2.73. The van der Waals surface area contributed by atoms with Gasteiger partial charge in [-0.1, -0.05) is 13.8 Å². The molecule has 0 atom stereocenters. The van der Waals surface area contributed by atoms with E-state index in [0.717, 1.165) is 12.8 Å². The fourth-order valence-electron chi connectivity index (χ4n) is 1.05. The molecule has 12 heavy (non-hydrogen) atoms. The van der Waals surface area contributed by atoms with Crippen LogP contribution in [-0.4, -0.2) is 24.2 Å². The highest BCUT2D eigenvalue weighted by Gasteiger charge is 2.42. The molecule has 0 aromatic rings. The molecule has 0 heterocycles. The highest BCUT2D eigenvalue weighted by molar-refractivity contribution is 5.77. The van der Waals surface area contributed by atoms with Crippen molar-refractivity contribution in [2.75, 3.05) is 13.2 Å². The molecule has 1 aliphatic carbocycles. The highest BCUT2D eigenvalue weighted by atomic mass is 16.3. The van der Waals surface area contributed by atoms with Gasteiger partial charge in [0.1, 0.15) is 0 Å². The van der Waals surface area contributed by atoms with Gasteiger partial charge in [0.05, 0.1) is 6.61 Å². The second-order valence-electron chi connectivity index (χ2n) is 4.03. The lowest BCUT2D eigenvalue weighted by Gasteiger charge is -2.13. The van der Waals surface area contributed by atoms with Gasteiger partial charge in [-0.05, 0) is 12.8 Å². The van der Waals surface area contributed by atoms with Gasteiger partial charge in [-0.15, -0.1) is 0 Å². The standard InChI is InChI=1S/C9H17NO2/c1-7(2)8(12)10-5-9(6-11)3-4-9/h7,11H,3-6H2,1-2H3,(H,10,12). The monoisotopic (exact) mass is 171 g/mol. The van der Waals surface area contributed by atoms with Crippen LogP contribution >= 0.6 is 0 Å². The molecule has 1 rings (SSSR count). The molecule has 3 nitrogen and oxygen atoms in total. The summed E-state index contributed by atoms with van der Waals surface area (Å²) in [6.07, 6.45) is 2.09. The van der Waals surface area contributed by atoms with Crippen LogP contribution in [0.1, 0.15) is 26.7 Å². The van der Waals surface area contributed by atoms with Crippen LogP contribution in [0.4, 0.5) is 0 Å². The van der Waals surface area contributed by atoms with Crippen molar-refractivity contribution in [3.63, 3.8) is 0 Å². The lowest BCUT2D eigenvalue weighted by Crippen LogP contribution is -2.34. The molecule has 1 fully saturated rings. The van der Waals surface area contributed by atoms with Crippen LogP contribution in [0, 0.1) is 11.3 Å². The van der Waals surface area contributed by atoms with Crippen molar-refractivity contribution in [1.29, 1.82) is 0 Å². The van der Waals surface area contributed by atoms with Crippen molar-refractivity contribution in [3.05, 3.63) is 0 Å². The number of carbonyl (C=O) groups excluding carboxylic acids is 1. The third-order valence-electron chi connectivity index (χ3n) is 2.45. The summed E-state index contributed by atoms with van der Waals surface area (Å²) in [5.74, 6) is 0.120. The van der Waals surface area contributed by atoms with Crippen molar-refractivity contribution in [1.82, 2.24) is 5.32 Å². The molecule has 0 aromatic carbocycles. The zero-order valence-electron chi connectivity index (χ0n) is 7.76. The average Bonchev–Trinajstić information content (AvgIpc) is 2.81. The summed E-state index contributed by atoms with van der Waals surface area (Å²) in [7, 11) is 0. The molecule has 1 aliphatic rings. The molecule has 70 valence electrons. The minimum absolute atomic E-state index is 0.0323. The van der Waals surface area contributed by atoms with Gasteiger partial charge >= 0.3 is 0 Å². The smallest absolute Gasteiger partial charge is 0.222 e. The van der Waals surface area contributed by atoms with Crippen molar-refractivity contribution >= 4 is 5.91 Å². The Hall–Kier alpha value is -0.570. The van der Waals surface area contributed by atoms with Crippen LogP contribution in [0.15, 0.2) is 0 Å². The summed E-state index contributed by atoms with van der Waals surface area (Å²) in [4.78, 5) is 11.1. The molecule has 0 aliphatic heterocycles. The van der Waals surface area contributed by atoms with Gasteiger partial charge in [0.2, 0.25) is 5.91 Å². The summed E-state index contributed by atoms with van der Waals surface area (Å²) in [6.45, 7) is 4.58. The van der Waals surface area contributed by atoms with Crippen LogP contribution in [0.3, 0.4) is 0 Å². The van der Waals surface area contributed by atoms with E-state index < -0.39 is 0 Å². The molecule has 0 unspecified atom stereocenters. The molecule has 1 saturated carbocycles. The number of rotatable bonds is 4. The Morgan fingerprint density at radius 1 is 1.58 bits per heavy atom. The Morgan fingerprint density at radius 2 is 2.17 bits per heavy atom. The summed E-state index contributed by atoms with van der Waals surface area (Å²) in [5, 5.41) is 11.8. The second kappa shape index (κ2) is 3.44. The van der Waals surface area contributed by atoms with E-state index in [9.17, 15) is 4.79 Å². The number of hydrogen-bond acceptors (Lipinski definition) is 2. The SMILES string of the molecule is CC(C)C(=O)NCC1(CO)CC1. The van der Waals surface area contributed by atoms with E-state index in [2.05, 4.69) is 5.32 Å². The third-order valence-corrected chi connectivity index (χ3v) is 2.45. The maximum absolute atomic E-state index is 11.1. The maximum Gasteiger partial charge on any atom is 0.222 e. The summed E-state index contributed by atoms with van der Waals surface area (Å²) < 4.78 is 0. The summed E-state index contributed by atoms with van der Waals surface area (Å²) in [6, 6.07) is 0. The molecule has 0 spiro atoms. The number of aliphatic hydroxyl groups is 1. The van der Waals surface area contributed by atoms with E-state index in [-0.39, 0.29) is 23.8 Å². The number of carbonyl (C=O) groups is 1. The number of amides is 1. The van der Waals surface area contributed by atoms with Gasteiger partial charge in [0.25, 0.3) is 0 Å². The quantitative estimate of drug-likeness (QED) is 0.648. The largest absolute Gasteiger partial charge is 0.396 e. The van der Waals surface area contributed by atoms with Gasteiger partial charge in [-0.25, -0.2) is 0 Å². The number of hydrogen-bond donors (Lipinski definition) is 2. The predicted octanol–water partition coefficient (Wildman–Crippen LogP) is 0.531. The normalized spacial score (nSPS) is 19.3. The first-order chi connectivity index (χ1) is 5.59. The van der Waals surface area contributed by atoms with E-state index in [1.807, 2.05) is 13.8 Å². The molecule has 0 radical (unpaired) electrons. The molecule has 0 bridgehead atoms. The molecule has 2 N–H and O–H groups in total. The summed E-state index contributed by atoms with van der Waals surface area (Å²) >= 11 is 0. The molecule has 0 aromatic heterocycles. The lowest BCUT2D eigenvalue weighted by molar-refractivity contribution is -0.124. The Morgan fingerprint density at radius 3 is 2.50 bits per heavy atom. The van der Waals surface area contributed by atoms with E-state index in [4.69, 9.17) is 5.11 Å². The number of nitrogens with one attached hydrogen (secondary N) is 1. The lowest BCUT2D eigenvalue weighted by atomic mass is 10.1. The molecule has 1 amide bonds. The van der Waals surface area contributed by atoms with Gasteiger partial charge in [0.15, 0.2) is 0 Å². The van der Waals surface area contributed by atoms with Crippen LogP contribution < -0.4 is 5.32 Å². The zero-order chi connectivity index (χ0) is 9.19. The van der Waals surface area contributed by atoms with Gasteiger partial charge in [-0.2, -0.15) is 0 Å². The first-order valence-corrected chi connectivity index (χ1v) is 4.48. The first kappa shape index (κ1) is 9.52. The van der Waals surface area contributed by atoms with Gasteiger partial charge < -0.3 is 10.4 Å². The molecular weight excluding hydrogens is 154 g/mol. The minimum atomic E-state index is 0.0323. The van der Waals surface area contributed by atoms with Gasteiger partial charge in [0, 0.05) is 17.9 Å². The van der Waals surface area contributed by atoms with Crippen LogP contribution in [0.25, 0.3) is 0 Å². The van der Waals surface area contributed by atoms with Crippen LogP contribution in [0.5, 0.6) is 0 Å². The van der Waals surface area contributed by atoms with Crippen LogP contribution in [0.2, 0.25) is 0 Å². The highest BCUT2D eigenvalue weighted by Crippen LogP contribution is 2.44. The molecule has 0 saturated heterocycles. The van der Waals surface area contributed by atoms with E-state index in [0.29, 0.717) is 6.54 Å². The van der Waals surface area contributed by atoms with Crippen molar-refractivity contribution in [2.24, 2.45) is 11.3 Å². The van der Waals surface area contributed by atoms with E-state index >= 15 is 0 Å². The maximum atomic E-state index is 11.1. The van der Waals surface area contributed by atoms with Crippen molar-refractivity contribution < 1.29 is 9.90 Å². The third kappa shape index (κ3) is 2.21. The van der Waals surface area contributed by atoms with Crippen molar-refractivity contribution in [2.45, 2.75) is 26.7 Å². The Balaban J connectivity index is 2.21. The minimum Gasteiger partial charge on any atom is -0.396 e. The Labute approximate surface area is 73.2 Å². The number of aliphatic hydroxyl groups excluding tert-OH is 1. The average molecular weight is 171 g/mol. The van der Waals surface area contributed by atoms with Gasteiger partial charge in [-0.3, -0.25) is 4.79 Å². The van der Waals surface area contributed by atoms with Crippen molar-refractivity contribution in [3.8, 4) is 0 Å². The van der Waals surface area contributed by atoms with E-state index in [1.54, 1.807) is 0 Å².